The number of carbonyl (C=O) groups is 1. The van der Waals surface area contributed by atoms with E-state index in [0.29, 0.717) is 48.4 Å². The second-order valence-corrected chi connectivity index (χ2v) is 5.52. The Bertz CT molecular complexity index is 841. The summed E-state index contributed by atoms with van der Waals surface area (Å²) in [4.78, 5) is 20.2. The van der Waals surface area contributed by atoms with E-state index < -0.39 is 0 Å². The average molecular weight is 341 g/mol. The molecule has 0 atom stereocenters. The van der Waals surface area contributed by atoms with Gasteiger partial charge in [0.15, 0.2) is 11.6 Å². The summed E-state index contributed by atoms with van der Waals surface area (Å²) in [5.41, 5.74) is 1.97. The van der Waals surface area contributed by atoms with Gasteiger partial charge in [0.05, 0.1) is 18.7 Å². The van der Waals surface area contributed by atoms with Crippen LogP contribution in [0.1, 0.15) is 23.0 Å². The highest BCUT2D eigenvalue weighted by Crippen LogP contribution is 2.33. The summed E-state index contributed by atoms with van der Waals surface area (Å²) in [6.45, 7) is 2.85. The number of carbonyl (C=O) groups excluding carboxylic acids is 1. The van der Waals surface area contributed by atoms with E-state index in [1.807, 2.05) is 16.8 Å². The van der Waals surface area contributed by atoms with Crippen LogP contribution in [0.3, 0.4) is 0 Å². The highest BCUT2D eigenvalue weighted by atomic mass is 16.5. The predicted octanol–water partition coefficient (Wildman–Crippen LogP) is 1.08. The maximum atomic E-state index is 11.6. The lowest BCUT2D eigenvalue weighted by atomic mass is 10.1. The van der Waals surface area contributed by atoms with Gasteiger partial charge in [-0.2, -0.15) is 0 Å². The Hall–Kier alpha value is -3.00. The molecule has 0 unspecified atom stereocenters. The number of Topliss-reactive ketones (excluding diaryl/α,β-unsaturated/α-hetero) is 1. The molecule has 0 fully saturated rings. The fourth-order valence-electron chi connectivity index (χ4n) is 2.66. The van der Waals surface area contributed by atoms with Gasteiger partial charge in [-0.3, -0.25) is 10.2 Å². The zero-order chi connectivity index (χ0) is 17.8. The van der Waals surface area contributed by atoms with Crippen molar-refractivity contribution in [3.8, 4) is 17.1 Å². The smallest absolute Gasteiger partial charge is 0.159 e. The summed E-state index contributed by atoms with van der Waals surface area (Å²) in [7, 11) is 0. The Morgan fingerprint density at radius 1 is 1.56 bits per heavy atom. The van der Waals surface area contributed by atoms with E-state index in [1.54, 1.807) is 12.1 Å². The molecule has 1 aromatic heterocycles. The number of hydrogen-bond acceptors (Lipinski definition) is 5. The van der Waals surface area contributed by atoms with Crippen molar-refractivity contribution in [1.82, 2.24) is 14.9 Å². The predicted molar refractivity (Wildman–Crippen MR) is 93.6 cm³/mol. The third kappa shape index (κ3) is 3.43. The number of ether oxygens (including phenoxy) is 1. The molecule has 3 N–H and O–H groups in total. The Morgan fingerprint density at radius 3 is 3.12 bits per heavy atom. The van der Waals surface area contributed by atoms with Gasteiger partial charge in [0.2, 0.25) is 0 Å². The lowest BCUT2D eigenvalue weighted by Gasteiger charge is -2.08. The second-order valence-electron chi connectivity index (χ2n) is 5.52. The van der Waals surface area contributed by atoms with Gasteiger partial charge in [0.25, 0.3) is 0 Å². The normalized spacial score (nSPS) is 13.3. The Balaban J connectivity index is 2.04. The number of imidazole rings is 1. The van der Waals surface area contributed by atoms with Gasteiger partial charge < -0.3 is 19.7 Å². The van der Waals surface area contributed by atoms with E-state index >= 15 is 0 Å². The third-order valence-corrected chi connectivity index (χ3v) is 3.84. The van der Waals surface area contributed by atoms with Gasteiger partial charge in [-0.1, -0.05) is 6.07 Å². The van der Waals surface area contributed by atoms with Crippen LogP contribution < -0.4 is 10.1 Å². The number of aliphatic imine (C=N–C) groups is 1. The number of amidine groups is 1. The number of fused-ring (bicyclic) bond motifs is 3. The number of aliphatic hydroxyl groups is 1. The summed E-state index contributed by atoms with van der Waals surface area (Å²) in [5.74, 6) is 1.74. The lowest BCUT2D eigenvalue weighted by Crippen LogP contribution is -2.28. The van der Waals surface area contributed by atoms with Crippen molar-refractivity contribution in [2.75, 3.05) is 19.8 Å². The first-order valence-corrected chi connectivity index (χ1v) is 7.91. The minimum Gasteiger partial charge on any atom is -0.491 e. The van der Waals surface area contributed by atoms with Crippen LogP contribution >= 0.6 is 0 Å². The second kappa shape index (κ2) is 7.27. The third-order valence-electron chi connectivity index (χ3n) is 3.84. The quantitative estimate of drug-likeness (QED) is 0.428. The summed E-state index contributed by atoms with van der Waals surface area (Å²) < 4.78 is 7.72. The monoisotopic (exact) mass is 341 g/mol. The van der Waals surface area contributed by atoms with Gasteiger partial charge in [0, 0.05) is 18.3 Å². The van der Waals surface area contributed by atoms with Crippen molar-refractivity contribution in [3.63, 3.8) is 0 Å². The fourth-order valence-corrected chi connectivity index (χ4v) is 2.66. The highest BCUT2D eigenvalue weighted by molar-refractivity contribution is 6.01. The molecule has 1 aromatic carbocycles. The van der Waals surface area contributed by atoms with E-state index in [9.17, 15) is 4.79 Å². The molecule has 0 bridgehead atoms. The minimum absolute atomic E-state index is 0.0201. The Kier molecular flexibility index (Phi) is 4.90. The fraction of sp³-hybridized carbons (Fsp3) is 0.294. The lowest BCUT2D eigenvalue weighted by molar-refractivity contribution is 0.101. The molecule has 0 radical (unpaired) electrons. The number of hydrogen-bond donors (Lipinski definition) is 3. The number of nitrogens with one attached hydrogen (secondary N) is 2. The van der Waals surface area contributed by atoms with Crippen molar-refractivity contribution in [2.24, 2.45) is 4.99 Å². The number of nitrogens with zero attached hydrogens (tertiary/aromatic N) is 3. The minimum atomic E-state index is -0.0465. The molecule has 8 heteroatoms. The van der Waals surface area contributed by atoms with Crippen molar-refractivity contribution in [3.05, 3.63) is 35.7 Å². The number of aliphatic hydroxyl groups excluding tert-OH is 1. The molecular formula is C17H19N5O3. The van der Waals surface area contributed by atoms with Crippen molar-refractivity contribution >= 4 is 18.0 Å². The molecule has 8 nitrogen and oxygen atoms in total. The van der Waals surface area contributed by atoms with E-state index in [1.165, 1.54) is 6.92 Å². The standard InChI is InChI=1S/C17H19N5O3/c1-11(24)12-2-3-13-15(8-12)25-7-5-22-9-14(21-17(13)22)16(20-10-18)19-4-6-23/h2-3,8-10,23H,4-7H2,1H3,(H2,18,19,20). The maximum Gasteiger partial charge on any atom is 0.159 e. The largest absolute Gasteiger partial charge is 0.491 e. The van der Waals surface area contributed by atoms with Crippen LogP contribution in [-0.2, 0) is 6.54 Å². The summed E-state index contributed by atoms with van der Waals surface area (Å²) in [5, 5.41) is 19.1. The SMILES string of the molecule is CC(=O)c1ccc2c(c1)OCCn1cc(/C(=N/C=N)NCCO)nc1-2. The molecule has 0 saturated carbocycles. The molecule has 0 spiro atoms. The first-order chi connectivity index (χ1) is 12.1. The van der Waals surface area contributed by atoms with Crippen molar-refractivity contribution < 1.29 is 14.6 Å². The molecule has 0 amide bonds. The van der Waals surface area contributed by atoms with Gasteiger partial charge in [-0.25, -0.2) is 9.98 Å². The molecule has 1 aliphatic heterocycles. The van der Waals surface area contributed by atoms with Gasteiger partial charge in [-0.05, 0) is 19.1 Å². The topological polar surface area (TPSA) is 113 Å². The zero-order valence-electron chi connectivity index (χ0n) is 13.8. The van der Waals surface area contributed by atoms with Gasteiger partial charge >= 0.3 is 0 Å². The number of aromatic nitrogens is 2. The van der Waals surface area contributed by atoms with Crippen LogP contribution in [0.2, 0.25) is 0 Å². The zero-order valence-corrected chi connectivity index (χ0v) is 13.8. The molecule has 0 saturated heterocycles. The number of rotatable bonds is 5. The molecule has 130 valence electrons. The van der Waals surface area contributed by atoms with Crippen molar-refractivity contribution in [2.45, 2.75) is 13.5 Å². The van der Waals surface area contributed by atoms with Crippen LogP contribution in [0.5, 0.6) is 5.75 Å². The molecule has 3 rings (SSSR count). The molecule has 0 aliphatic carbocycles. The average Bonchev–Trinajstić information content (AvgIpc) is 2.94. The molecule has 2 aromatic rings. The molecule has 2 heterocycles. The molecule has 1 aliphatic rings. The van der Waals surface area contributed by atoms with Crippen LogP contribution in [0.25, 0.3) is 11.4 Å². The first kappa shape index (κ1) is 16.8. The summed E-state index contributed by atoms with van der Waals surface area (Å²) in [6, 6.07) is 5.32. The Morgan fingerprint density at radius 2 is 2.40 bits per heavy atom. The van der Waals surface area contributed by atoms with E-state index in [2.05, 4.69) is 15.3 Å². The van der Waals surface area contributed by atoms with Crippen molar-refractivity contribution in [1.29, 1.82) is 5.41 Å². The van der Waals surface area contributed by atoms with Crippen LogP contribution in [0.15, 0.2) is 29.4 Å². The van der Waals surface area contributed by atoms with Crippen LogP contribution in [0.4, 0.5) is 0 Å². The Labute approximate surface area is 144 Å². The molecular weight excluding hydrogens is 322 g/mol. The van der Waals surface area contributed by atoms with E-state index in [0.717, 1.165) is 11.9 Å². The number of benzene rings is 1. The van der Waals surface area contributed by atoms with Crippen LogP contribution in [0, 0.1) is 5.41 Å². The summed E-state index contributed by atoms with van der Waals surface area (Å²) in [6.07, 6.45) is 2.76. The first-order valence-electron chi connectivity index (χ1n) is 7.91. The van der Waals surface area contributed by atoms with Gasteiger partial charge in [-0.15, -0.1) is 0 Å². The van der Waals surface area contributed by atoms with Gasteiger partial charge in [0.1, 0.15) is 30.2 Å². The number of ketones is 1. The van der Waals surface area contributed by atoms with E-state index in [4.69, 9.17) is 15.3 Å². The highest BCUT2D eigenvalue weighted by Gasteiger charge is 2.21. The van der Waals surface area contributed by atoms with Crippen LogP contribution in [-0.4, -0.2) is 52.4 Å². The maximum absolute atomic E-state index is 11.6. The summed E-state index contributed by atoms with van der Waals surface area (Å²) >= 11 is 0. The molecule has 25 heavy (non-hydrogen) atoms. The van der Waals surface area contributed by atoms with E-state index in [-0.39, 0.29) is 12.4 Å².